The number of amides is 2. The van der Waals surface area contributed by atoms with E-state index in [2.05, 4.69) is 19.2 Å². The highest BCUT2D eigenvalue weighted by molar-refractivity contribution is 5.74. The third-order valence-corrected chi connectivity index (χ3v) is 5.56. The number of morpholine rings is 1. The number of rotatable bonds is 4. The van der Waals surface area contributed by atoms with Gasteiger partial charge in [0.1, 0.15) is 0 Å². The Morgan fingerprint density at radius 1 is 1.30 bits per heavy atom. The van der Waals surface area contributed by atoms with Gasteiger partial charge in [-0.3, -0.25) is 4.79 Å². The first-order chi connectivity index (χ1) is 10.8. The number of urea groups is 1. The molecule has 2 saturated carbocycles. The molecule has 1 aliphatic heterocycles. The Bertz CT molecular complexity index is 493. The predicted octanol–water partition coefficient (Wildman–Crippen LogP) is 2.23. The Labute approximate surface area is 137 Å². The Hall–Kier alpha value is -1.30. The van der Waals surface area contributed by atoms with Crippen molar-refractivity contribution in [1.82, 2.24) is 10.2 Å². The van der Waals surface area contributed by atoms with Crippen LogP contribution in [0.3, 0.4) is 0 Å². The fraction of sp³-hybridized carbons (Fsp3) is 0.882. The summed E-state index contributed by atoms with van der Waals surface area (Å²) in [5.74, 6) is 0.511. The van der Waals surface area contributed by atoms with Crippen LogP contribution < -0.4 is 5.32 Å². The van der Waals surface area contributed by atoms with Crippen LogP contribution in [0.2, 0.25) is 0 Å². The van der Waals surface area contributed by atoms with Crippen molar-refractivity contribution in [1.29, 1.82) is 0 Å². The number of aliphatic carboxylic acids is 1. The summed E-state index contributed by atoms with van der Waals surface area (Å²) in [5.41, 5.74) is -0.496. The Balaban J connectivity index is 1.61. The molecule has 2 N–H and O–H groups in total. The van der Waals surface area contributed by atoms with Gasteiger partial charge in [-0.15, -0.1) is 0 Å². The molecule has 0 aromatic rings. The molecular weight excluding hydrogens is 296 g/mol. The van der Waals surface area contributed by atoms with E-state index in [0.29, 0.717) is 32.0 Å². The van der Waals surface area contributed by atoms with Crippen molar-refractivity contribution in [3.05, 3.63) is 0 Å². The second-order valence-corrected chi connectivity index (χ2v) is 8.09. The van der Waals surface area contributed by atoms with Crippen LogP contribution in [0.4, 0.5) is 4.79 Å². The van der Waals surface area contributed by atoms with Crippen LogP contribution in [0.25, 0.3) is 0 Å². The van der Waals surface area contributed by atoms with E-state index in [9.17, 15) is 9.59 Å². The molecule has 2 amide bonds. The summed E-state index contributed by atoms with van der Waals surface area (Å²) < 4.78 is 6.49. The van der Waals surface area contributed by atoms with Crippen LogP contribution in [0.5, 0.6) is 0 Å². The lowest BCUT2D eigenvalue weighted by molar-refractivity contribution is -0.208. The maximum atomic E-state index is 12.5. The number of carbonyl (C=O) groups is 2. The molecular formula is C17H28N2O4. The second-order valence-electron chi connectivity index (χ2n) is 8.09. The molecule has 3 atom stereocenters. The zero-order valence-electron chi connectivity index (χ0n) is 14.1. The predicted molar refractivity (Wildman–Crippen MR) is 85.2 cm³/mol. The highest BCUT2D eigenvalue weighted by atomic mass is 16.5. The van der Waals surface area contributed by atoms with Gasteiger partial charge in [-0.25, -0.2) is 4.79 Å². The van der Waals surface area contributed by atoms with Crippen LogP contribution in [0, 0.1) is 11.8 Å². The maximum Gasteiger partial charge on any atom is 0.317 e. The van der Waals surface area contributed by atoms with Crippen molar-refractivity contribution in [3.63, 3.8) is 0 Å². The number of ether oxygens (including phenoxy) is 1. The largest absolute Gasteiger partial charge is 0.481 e. The highest BCUT2D eigenvalue weighted by Crippen LogP contribution is 2.55. The van der Waals surface area contributed by atoms with Gasteiger partial charge in [0.2, 0.25) is 0 Å². The van der Waals surface area contributed by atoms with E-state index in [1.165, 1.54) is 19.3 Å². The van der Waals surface area contributed by atoms with Gasteiger partial charge >= 0.3 is 12.0 Å². The lowest BCUT2D eigenvalue weighted by atomic mass is 9.81. The van der Waals surface area contributed by atoms with Crippen molar-refractivity contribution in [2.75, 3.05) is 19.6 Å². The SMILES string of the molecule is CC1(C)CN(C(=O)NCCCC(=O)O)C[C@]2(C[C@@H]3CC[C@H]2C3)O1. The molecule has 1 saturated heterocycles. The average molecular weight is 324 g/mol. The fourth-order valence-electron chi connectivity index (χ4n) is 4.86. The lowest BCUT2D eigenvalue weighted by Gasteiger charge is -2.52. The minimum absolute atomic E-state index is 0.0859. The molecule has 23 heavy (non-hydrogen) atoms. The number of hydrogen-bond acceptors (Lipinski definition) is 3. The average Bonchev–Trinajstić information content (AvgIpc) is 3.01. The molecule has 3 rings (SSSR count). The normalized spacial score (nSPS) is 34.8. The van der Waals surface area contributed by atoms with E-state index in [0.717, 1.165) is 12.3 Å². The molecule has 130 valence electrons. The van der Waals surface area contributed by atoms with Gasteiger partial charge in [0.05, 0.1) is 24.3 Å². The summed E-state index contributed by atoms with van der Waals surface area (Å²) in [4.78, 5) is 24.9. The molecule has 1 spiro atoms. The van der Waals surface area contributed by atoms with Crippen molar-refractivity contribution in [2.45, 2.75) is 63.6 Å². The van der Waals surface area contributed by atoms with Gasteiger partial charge in [-0.1, -0.05) is 0 Å². The summed E-state index contributed by atoms with van der Waals surface area (Å²) >= 11 is 0. The van der Waals surface area contributed by atoms with Crippen molar-refractivity contribution in [2.24, 2.45) is 11.8 Å². The molecule has 3 fully saturated rings. The molecule has 0 unspecified atom stereocenters. The van der Waals surface area contributed by atoms with Crippen molar-refractivity contribution in [3.8, 4) is 0 Å². The summed E-state index contributed by atoms with van der Waals surface area (Å²) in [6, 6.07) is -0.0890. The summed E-state index contributed by atoms with van der Waals surface area (Å²) in [5, 5.41) is 11.5. The Morgan fingerprint density at radius 3 is 2.70 bits per heavy atom. The fourth-order valence-corrected chi connectivity index (χ4v) is 4.86. The number of carboxylic acid groups (broad SMARTS) is 1. The van der Waals surface area contributed by atoms with E-state index in [4.69, 9.17) is 9.84 Å². The zero-order valence-corrected chi connectivity index (χ0v) is 14.1. The molecule has 2 aliphatic carbocycles. The van der Waals surface area contributed by atoms with Crippen molar-refractivity contribution < 1.29 is 19.4 Å². The van der Waals surface area contributed by atoms with Gasteiger partial charge in [0.15, 0.2) is 0 Å². The van der Waals surface area contributed by atoms with E-state index in [-0.39, 0.29) is 23.7 Å². The van der Waals surface area contributed by atoms with Gasteiger partial charge in [0, 0.05) is 13.0 Å². The topological polar surface area (TPSA) is 78.9 Å². The molecule has 3 aliphatic rings. The van der Waals surface area contributed by atoms with Crippen LogP contribution in [-0.4, -0.2) is 52.8 Å². The van der Waals surface area contributed by atoms with E-state index in [1.807, 2.05) is 4.90 Å². The number of carboxylic acids is 1. The molecule has 0 aromatic carbocycles. The first-order valence-electron chi connectivity index (χ1n) is 8.74. The molecule has 0 radical (unpaired) electrons. The molecule has 0 aromatic heterocycles. The molecule has 6 nitrogen and oxygen atoms in total. The molecule has 6 heteroatoms. The standard InChI is InChI=1S/C17H28N2O4/c1-16(2)10-19(15(22)18-7-3-4-14(20)21)11-17(23-16)9-12-5-6-13(17)8-12/h12-13H,3-11H2,1-2H3,(H,18,22)(H,20,21)/t12-,13+,17+/m1/s1. The van der Waals surface area contributed by atoms with Crippen molar-refractivity contribution >= 4 is 12.0 Å². The number of carbonyl (C=O) groups excluding carboxylic acids is 1. The lowest BCUT2D eigenvalue weighted by Crippen LogP contribution is -2.64. The summed E-state index contributed by atoms with van der Waals surface area (Å²) in [6.45, 7) is 5.77. The zero-order chi connectivity index (χ0) is 16.7. The van der Waals surface area contributed by atoms with Crippen LogP contribution in [0.15, 0.2) is 0 Å². The highest BCUT2D eigenvalue weighted by Gasteiger charge is 2.57. The smallest absolute Gasteiger partial charge is 0.317 e. The summed E-state index contributed by atoms with van der Waals surface area (Å²) in [6.07, 6.45) is 5.38. The second kappa shape index (κ2) is 5.96. The van der Waals surface area contributed by atoms with Crippen LogP contribution in [0.1, 0.15) is 52.4 Å². The first kappa shape index (κ1) is 16.6. The molecule has 2 bridgehead atoms. The van der Waals surface area contributed by atoms with Gasteiger partial charge in [-0.05, 0) is 57.8 Å². The van der Waals surface area contributed by atoms with Crippen LogP contribution in [-0.2, 0) is 9.53 Å². The van der Waals surface area contributed by atoms with Gasteiger partial charge in [0.25, 0.3) is 0 Å². The van der Waals surface area contributed by atoms with E-state index < -0.39 is 5.97 Å². The Morgan fingerprint density at radius 2 is 2.09 bits per heavy atom. The van der Waals surface area contributed by atoms with E-state index in [1.54, 1.807) is 0 Å². The third kappa shape index (κ3) is 3.47. The number of hydrogen-bond donors (Lipinski definition) is 2. The monoisotopic (exact) mass is 324 g/mol. The number of nitrogens with zero attached hydrogens (tertiary/aromatic N) is 1. The minimum atomic E-state index is -0.826. The minimum Gasteiger partial charge on any atom is -0.481 e. The van der Waals surface area contributed by atoms with E-state index >= 15 is 0 Å². The Kier molecular flexibility index (Phi) is 4.29. The molecule has 1 heterocycles. The van der Waals surface area contributed by atoms with Gasteiger partial charge < -0.3 is 20.1 Å². The number of fused-ring (bicyclic) bond motifs is 3. The van der Waals surface area contributed by atoms with Gasteiger partial charge in [-0.2, -0.15) is 0 Å². The maximum absolute atomic E-state index is 12.5. The third-order valence-electron chi connectivity index (χ3n) is 5.56. The van der Waals surface area contributed by atoms with Crippen LogP contribution >= 0.6 is 0 Å². The summed E-state index contributed by atoms with van der Waals surface area (Å²) in [7, 11) is 0. The number of nitrogens with one attached hydrogen (secondary N) is 1. The quantitative estimate of drug-likeness (QED) is 0.777. The first-order valence-corrected chi connectivity index (χ1v) is 8.74.